The van der Waals surface area contributed by atoms with Crippen LogP contribution in [-0.2, 0) is 6.61 Å². The van der Waals surface area contributed by atoms with Crippen molar-refractivity contribution in [2.45, 2.75) is 6.61 Å². The summed E-state index contributed by atoms with van der Waals surface area (Å²) in [5.41, 5.74) is 9.00. The Morgan fingerprint density at radius 3 is 2.66 bits per heavy atom. The van der Waals surface area contributed by atoms with Crippen molar-refractivity contribution < 1.29 is 9.53 Å². The Morgan fingerprint density at radius 1 is 1.00 bits per heavy atom. The van der Waals surface area contributed by atoms with E-state index in [1.807, 2.05) is 78.9 Å². The van der Waals surface area contributed by atoms with Gasteiger partial charge in [0.1, 0.15) is 18.1 Å². The minimum absolute atomic E-state index is 0.263. The third kappa shape index (κ3) is 3.10. The van der Waals surface area contributed by atoms with Crippen LogP contribution < -0.4 is 10.5 Å². The highest BCUT2D eigenvalue weighted by Crippen LogP contribution is 2.25. The number of carbonyl (C=O) groups is 1. The maximum atomic E-state index is 13.0. The fourth-order valence-electron chi connectivity index (χ4n) is 3.41. The predicted molar refractivity (Wildman–Crippen MR) is 113 cm³/mol. The minimum atomic E-state index is -0.263. The van der Waals surface area contributed by atoms with E-state index in [-0.39, 0.29) is 5.91 Å². The number of nitrogens with one attached hydrogen (secondary N) is 1. The van der Waals surface area contributed by atoms with Crippen LogP contribution in [-0.4, -0.2) is 20.7 Å². The molecule has 0 aliphatic carbocycles. The van der Waals surface area contributed by atoms with Crippen LogP contribution in [0.25, 0.3) is 21.8 Å². The van der Waals surface area contributed by atoms with E-state index >= 15 is 0 Å². The highest BCUT2D eigenvalue weighted by atomic mass is 16.5. The lowest BCUT2D eigenvalue weighted by Crippen LogP contribution is -2.14. The SMILES string of the molecule is Nc1nn(C(=O)c2cc3ccc(OCc4ccccc4)cc3[nH]2)c2ccccc12. The van der Waals surface area contributed by atoms with Gasteiger partial charge in [0.25, 0.3) is 5.91 Å². The van der Waals surface area contributed by atoms with Gasteiger partial charge < -0.3 is 15.5 Å². The lowest BCUT2D eigenvalue weighted by Gasteiger charge is -2.06. The number of anilines is 1. The van der Waals surface area contributed by atoms with Crippen LogP contribution in [0.4, 0.5) is 5.82 Å². The summed E-state index contributed by atoms with van der Waals surface area (Å²) in [6.07, 6.45) is 0. The molecule has 6 heteroatoms. The summed E-state index contributed by atoms with van der Waals surface area (Å²) in [5, 5.41) is 5.90. The average molecular weight is 382 g/mol. The van der Waals surface area contributed by atoms with E-state index in [1.165, 1.54) is 4.68 Å². The largest absolute Gasteiger partial charge is 0.489 e. The average Bonchev–Trinajstić information content (AvgIpc) is 3.34. The first-order chi connectivity index (χ1) is 14.2. The standard InChI is InChI=1S/C23H18N4O2/c24-22-18-8-4-5-9-21(18)27(26-22)23(28)20-12-16-10-11-17(13-19(16)25-20)29-14-15-6-2-1-3-7-15/h1-13,25H,14H2,(H2,24,26). The molecule has 0 fully saturated rings. The molecule has 0 amide bonds. The van der Waals surface area contributed by atoms with Gasteiger partial charge in [-0.2, -0.15) is 4.68 Å². The second-order valence-corrected chi connectivity index (χ2v) is 6.83. The fraction of sp³-hybridized carbons (Fsp3) is 0.0435. The Bertz CT molecular complexity index is 1340. The summed E-state index contributed by atoms with van der Waals surface area (Å²) in [4.78, 5) is 16.2. The molecule has 0 bridgehead atoms. The van der Waals surface area contributed by atoms with Gasteiger partial charge in [0.15, 0.2) is 5.82 Å². The van der Waals surface area contributed by atoms with Crippen molar-refractivity contribution in [3.05, 3.63) is 90.1 Å². The molecule has 3 aromatic carbocycles. The van der Waals surface area contributed by atoms with Gasteiger partial charge in [0.05, 0.1) is 5.52 Å². The molecule has 0 saturated heterocycles. The van der Waals surface area contributed by atoms with E-state index in [9.17, 15) is 4.79 Å². The number of aromatic nitrogens is 3. The van der Waals surface area contributed by atoms with Crippen molar-refractivity contribution in [1.29, 1.82) is 0 Å². The molecule has 0 aliphatic rings. The zero-order valence-electron chi connectivity index (χ0n) is 15.5. The number of fused-ring (bicyclic) bond motifs is 2. The van der Waals surface area contributed by atoms with Gasteiger partial charge in [-0.3, -0.25) is 4.79 Å². The van der Waals surface area contributed by atoms with Gasteiger partial charge in [-0.25, -0.2) is 0 Å². The molecule has 29 heavy (non-hydrogen) atoms. The molecule has 2 aromatic heterocycles. The highest BCUT2D eigenvalue weighted by Gasteiger charge is 2.17. The van der Waals surface area contributed by atoms with Crippen molar-refractivity contribution in [2.75, 3.05) is 5.73 Å². The summed E-state index contributed by atoms with van der Waals surface area (Å²) in [6.45, 7) is 0.484. The number of rotatable bonds is 4. The monoisotopic (exact) mass is 382 g/mol. The van der Waals surface area contributed by atoms with Gasteiger partial charge in [-0.05, 0) is 35.9 Å². The summed E-state index contributed by atoms with van der Waals surface area (Å²) < 4.78 is 7.21. The quantitative estimate of drug-likeness (QED) is 0.483. The molecule has 0 saturated carbocycles. The molecule has 0 atom stereocenters. The van der Waals surface area contributed by atoms with E-state index in [4.69, 9.17) is 10.5 Å². The number of nitrogens with zero attached hydrogens (tertiary/aromatic N) is 2. The lowest BCUT2D eigenvalue weighted by atomic mass is 10.2. The maximum absolute atomic E-state index is 13.0. The van der Waals surface area contributed by atoms with Crippen LogP contribution >= 0.6 is 0 Å². The Labute approximate surface area is 166 Å². The molecule has 2 heterocycles. The Morgan fingerprint density at radius 2 is 1.79 bits per heavy atom. The van der Waals surface area contributed by atoms with E-state index in [0.29, 0.717) is 23.6 Å². The van der Waals surface area contributed by atoms with Crippen molar-refractivity contribution in [1.82, 2.24) is 14.8 Å². The minimum Gasteiger partial charge on any atom is -0.489 e. The van der Waals surface area contributed by atoms with Crippen molar-refractivity contribution in [3.8, 4) is 5.75 Å². The second kappa shape index (κ2) is 6.83. The third-order valence-corrected chi connectivity index (χ3v) is 4.88. The Kier molecular flexibility index (Phi) is 4.02. The molecule has 3 N–H and O–H groups in total. The number of aromatic amines is 1. The first-order valence-corrected chi connectivity index (χ1v) is 9.26. The molecule has 0 radical (unpaired) electrons. The second-order valence-electron chi connectivity index (χ2n) is 6.83. The number of ether oxygens (including phenoxy) is 1. The van der Waals surface area contributed by atoms with Crippen molar-refractivity contribution in [3.63, 3.8) is 0 Å². The van der Waals surface area contributed by atoms with Crippen LogP contribution in [0, 0.1) is 0 Å². The van der Waals surface area contributed by atoms with Gasteiger partial charge in [-0.15, -0.1) is 5.10 Å². The normalized spacial score (nSPS) is 11.2. The van der Waals surface area contributed by atoms with Crippen molar-refractivity contribution >= 4 is 33.5 Å². The topological polar surface area (TPSA) is 85.9 Å². The summed E-state index contributed by atoms with van der Waals surface area (Å²) in [7, 11) is 0. The number of hydrogen-bond donors (Lipinski definition) is 2. The van der Waals surface area contributed by atoms with E-state index in [0.717, 1.165) is 27.6 Å². The van der Waals surface area contributed by atoms with E-state index in [1.54, 1.807) is 0 Å². The summed E-state index contributed by atoms with van der Waals surface area (Å²) in [5.74, 6) is 0.804. The number of carbonyl (C=O) groups excluding carboxylic acids is 1. The van der Waals surface area contributed by atoms with Crippen LogP contribution in [0.1, 0.15) is 16.1 Å². The fourth-order valence-corrected chi connectivity index (χ4v) is 3.41. The predicted octanol–water partition coefficient (Wildman–Crippen LogP) is 4.37. The van der Waals surface area contributed by atoms with Crippen LogP contribution in [0.2, 0.25) is 0 Å². The molecular weight excluding hydrogens is 364 g/mol. The van der Waals surface area contributed by atoms with Gasteiger partial charge in [-0.1, -0.05) is 42.5 Å². The third-order valence-electron chi connectivity index (χ3n) is 4.88. The molecule has 5 rings (SSSR count). The Balaban J connectivity index is 1.44. The van der Waals surface area contributed by atoms with E-state index in [2.05, 4.69) is 10.1 Å². The highest BCUT2D eigenvalue weighted by molar-refractivity contribution is 6.04. The number of H-pyrrole nitrogens is 1. The zero-order valence-corrected chi connectivity index (χ0v) is 15.5. The van der Waals surface area contributed by atoms with Gasteiger partial charge in [0, 0.05) is 22.4 Å². The zero-order chi connectivity index (χ0) is 19.8. The summed E-state index contributed by atoms with van der Waals surface area (Å²) in [6, 6.07) is 24.9. The van der Waals surface area contributed by atoms with Crippen LogP contribution in [0.3, 0.4) is 0 Å². The molecule has 0 spiro atoms. The molecule has 6 nitrogen and oxygen atoms in total. The molecule has 0 unspecified atom stereocenters. The Hall–Kier alpha value is -4.06. The smallest absolute Gasteiger partial charge is 0.295 e. The van der Waals surface area contributed by atoms with Crippen LogP contribution in [0.5, 0.6) is 5.75 Å². The number of nitrogens with two attached hydrogens (primary N) is 1. The number of hydrogen-bond acceptors (Lipinski definition) is 4. The number of benzene rings is 3. The number of nitrogen functional groups attached to an aromatic ring is 1. The van der Waals surface area contributed by atoms with E-state index < -0.39 is 0 Å². The van der Waals surface area contributed by atoms with Gasteiger partial charge in [0.2, 0.25) is 0 Å². The van der Waals surface area contributed by atoms with Crippen molar-refractivity contribution in [2.24, 2.45) is 0 Å². The van der Waals surface area contributed by atoms with Crippen LogP contribution in [0.15, 0.2) is 78.9 Å². The lowest BCUT2D eigenvalue weighted by molar-refractivity contribution is 0.0946. The molecule has 5 aromatic rings. The molecular formula is C23H18N4O2. The molecule has 0 aliphatic heterocycles. The maximum Gasteiger partial charge on any atom is 0.295 e. The molecule has 142 valence electrons. The summed E-state index contributed by atoms with van der Waals surface area (Å²) >= 11 is 0. The number of para-hydroxylation sites is 1. The first-order valence-electron chi connectivity index (χ1n) is 9.26. The first kappa shape index (κ1) is 17.1. The van der Waals surface area contributed by atoms with Gasteiger partial charge >= 0.3 is 0 Å².